The lowest BCUT2D eigenvalue weighted by Gasteiger charge is -2.29. The molecule has 1 aliphatic rings. The Morgan fingerprint density at radius 3 is 2.44 bits per heavy atom. The highest BCUT2D eigenvalue weighted by atomic mass is 16.5. The monoisotopic (exact) mass is 367 g/mol. The zero-order chi connectivity index (χ0) is 19.2. The van der Waals surface area contributed by atoms with Gasteiger partial charge in [-0.15, -0.1) is 0 Å². The van der Waals surface area contributed by atoms with Gasteiger partial charge in [-0.05, 0) is 50.5 Å². The minimum absolute atomic E-state index is 0.111. The Hall–Kier alpha value is -2.37. The molecule has 3 rings (SSSR count). The van der Waals surface area contributed by atoms with E-state index in [-0.39, 0.29) is 24.0 Å². The molecule has 1 heterocycles. The Balaban J connectivity index is 1.64. The van der Waals surface area contributed by atoms with Gasteiger partial charge >= 0.3 is 0 Å². The number of nitrogens with one attached hydrogen (secondary N) is 2. The number of carbonyl (C=O) groups is 1. The molecule has 0 spiro atoms. The summed E-state index contributed by atoms with van der Waals surface area (Å²) in [6, 6.07) is 18.2. The molecule has 1 saturated heterocycles. The van der Waals surface area contributed by atoms with Gasteiger partial charge < -0.3 is 9.64 Å². The van der Waals surface area contributed by atoms with Crippen LogP contribution in [0.15, 0.2) is 54.6 Å². The Kier molecular flexibility index (Phi) is 6.48. The average Bonchev–Trinajstić information content (AvgIpc) is 3.17. The highest BCUT2D eigenvalue weighted by Crippen LogP contribution is 2.25. The van der Waals surface area contributed by atoms with Crippen molar-refractivity contribution in [2.75, 3.05) is 6.61 Å². The summed E-state index contributed by atoms with van der Waals surface area (Å²) in [5, 5.41) is 0. The number of ether oxygens (including phenoxy) is 1. The highest BCUT2D eigenvalue weighted by molar-refractivity contribution is 5.82. The highest BCUT2D eigenvalue weighted by Gasteiger charge is 2.33. The first-order valence-electron chi connectivity index (χ1n) is 9.66. The number of rotatable bonds is 7. The smallest absolute Gasteiger partial charge is 0.241 e. The normalized spacial score (nSPS) is 19.3. The van der Waals surface area contributed by atoms with Crippen LogP contribution in [0.5, 0.6) is 5.75 Å². The molecule has 0 aromatic heterocycles. The van der Waals surface area contributed by atoms with E-state index < -0.39 is 0 Å². The summed E-state index contributed by atoms with van der Waals surface area (Å²) < 4.78 is 5.50. The van der Waals surface area contributed by atoms with Crippen molar-refractivity contribution in [1.82, 2.24) is 15.8 Å². The lowest BCUT2D eigenvalue weighted by molar-refractivity contribution is -0.135. The zero-order valence-corrected chi connectivity index (χ0v) is 16.3. The molecule has 5 nitrogen and oxygen atoms in total. The number of amides is 1. The molecule has 0 bridgehead atoms. The van der Waals surface area contributed by atoms with Crippen molar-refractivity contribution in [3.8, 4) is 5.75 Å². The number of hydrogen-bond donors (Lipinski definition) is 2. The predicted molar refractivity (Wildman–Crippen MR) is 107 cm³/mol. The van der Waals surface area contributed by atoms with E-state index in [9.17, 15) is 4.79 Å². The van der Waals surface area contributed by atoms with Crippen molar-refractivity contribution in [1.29, 1.82) is 0 Å². The topological polar surface area (TPSA) is 53.6 Å². The summed E-state index contributed by atoms with van der Waals surface area (Å²) in [6.07, 6.45) is 0.727. The van der Waals surface area contributed by atoms with E-state index in [1.54, 1.807) is 0 Å². The van der Waals surface area contributed by atoms with Crippen molar-refractivity contribution >= 4 is 5.91 Å². The van der Waals surface area contributed by atoms with Gasteiger partial charge in [-0.2, -0.15) is 0 Å². The second kappa shape index (κ2) is 9.02. The summed E-state index contributed by atoms with van der Waals surface area (Å²) >= 11 is 0. The van der Waals surface area contributed by atoms with E-state index in [1.807, 2.05) is 42.2 Å². The van der Waals surface area contributed by atoms with E-state index in [0.717, 1.165) is 23.3 Å². The van der Waals surface area contributed by atoms with Crippen LogP contribution in [-0.4, -0.2) is 29.5 Å². The van der Waals surface area contributed by atoms with Gasteiger partial charge in [0.1, 0.15) is 11.8 Å². The van der Waals surface area contributed by atoms with Gasteiger partial charge in [-0.25, -0.2) is 10.9 Å². The maximum atomic E-state index is 13.1. The van der Waals surface area contributed by atoms with Crippen molar-refractivity contribution in [2.24, 2.45) is 0 Å². The largest absolute Gasteiger partial charge is 0.494 e. The zero-order valence-electron chi connectivity index (χ0n) is 16.3. The van der Waals surface area contributed by atoms with Crippen LogP contribution in [0.3, 0.4) is 0 Å². The first-order chi connectivity index (χ1) is 13.1. The number of carbonyl (C=O) groups excluding carboxylic acids is 1. The lowest BCUT2D eigenvalue weighted by atomic mass is 10.0. The van der Waals surface area contributed by atoms with Gasteiger partial charge in [-0.1, -0.05) is 42.5 Å². The molecule has 1 fully saturated rings. The summed E-state index contributed by atoms with van der Waals surface area (Å²) in [5.41, 5.74) is 8.77. The minimum Gasteiger partial charge on any atom is -0.494 e. The third-order valence-corrected chi connectivity index (χ3v) is 4.90. The summed E-state index contributed by atoms with van der Waals surface area (Å²) in [5.74, 6) is 1.00. The van der Waals surface area contributed by atoms with Crippen LogP contribution in [-0.2, 0) is 11.3 Å². The van der Waals surface area contributed by atoms with Gasteiger partial charge in [0.05, 0.1) is 6.61 Å². The van der Waals surface area contributed by atoms with Gasteiger partial charge in [0.15, 0.2) is 0 Å². The fourth-order valence-electron chi connectivity index (χ4n) is 3.39. The molecule has 144 valence electrons. The van der Waals surface area contributed by atoms with Gasteiger partial charge in [0, 0.05) is 18.6 Å². The fourth-order valence-corrected chi connectivity index (χ4v) is 3.39. The van der Waals surface area contributed by atoms with Crippen molar-refractivity contribution in [3.05, 3.63) is 65.7 Å². The summed E-state index contributed by atoms with van der Waals surface area (Å²) in [4.78, 5) is 15.1. The van der Waals surface area contributed by atoms with Crippen molar-refractivity contribution in [2.45, 2.75) is 51.9 Å². The molecular weight excluding hydrogens is 338 g/mol. The molecule has 1 amide bonds. The first kappa shape index (κ1) is 19.4. The SMILES string of the molecule is CCOc1ccc(C2CC(C(=O)N(Cc3ccccc3)C(C)C)NN2)cc1. The summed E-state index contributed by atoms with van der Waals surface area (Å²) in [7, 11) is 0. The van der Waals surface area contributed by atoms with E-state index in [0.29, 0.717) is 13.2 Å². The van der Waals surface area contributed by atoms with Crippen LogP contribution in [0, 0.1) is 0 Å². The van der Waals surface area contributed by atoms with Crippen LogP contribution in [0.2, 0.25) is 0 Å². The first-order valence-corrected chi connectivity index (χ1v) is 9.66. The quantitative estimate of drug-likeness (QED) is 0.787. The standard InChI is InChI=1S/C22H29N3O2/c1-4-27-19-12-10-18(11-13-19)20-14-21(24-23-20)22(26)25(16(2)3)15-17-8-6-5-7-9-17/h5-13,16,20-21,23-24H,4,14-15H2,1-3H3. The maximum Gasteiger partial charge on any atom is 0.241 e. The Morgan fingerprint density at radius 2 is 1.81 bits per heavy atom. The van der Waals surface area contributed by atoms with Crippen LogP contribution in [0.4, 0.5) is 0 Å². The molecule has 2 N–H and O–H groups in total. The molecule has 2 aromatic rings. The van der Waals surface area contributed by atoms with E-state index in [1.165, 1.54) is 0 Å². The number of hydrazine groups is 1. The molecular formula is C22H29N3O2. The molecule has 0 radical (unpaired) electrons. The van der Waals surface area contributed by atoms with E-state index in [2.05, 4.69) is 49.0 Å². The molecule has 5 heteroatoms. The molecule has 2 unspecified atom stereocenters. The predicted octanol–water partition coefficient (Wildman–Crippen LogP) is 3.43. The van der Waals surface area contributed by atoms with Crippen LogP contribution >= 0.6 is 0 Å². The Labute approximate surface area is 161 Å². The maximum absolute atomic E-state index is 13.1. The van der Waals surface area contributed by atoms with Gasteiger partial charge in [-0.3, -0.25) is 4.79 Å². The van der Waals surface area contributed by atoms with Crippen LogP contribution in [0.25, 0.3) is 0 Å². The van der Waals surface area contributed by atoms with Gasteiger partial charge in [0.2, 0.25) is 5.91 Å². The second-order valence-electron chi connectivity index (χ2n) is 7.18. The van der Waals surface area contributed by atoms with Crippen LogP contribution in [0.1, 0.15) is 44.4 Å². The average molecular weight is 367 g/mol. The molecule has 1 aliphatic heterocycles. The lowest BCUT2D eigenvalue weighted by Crippen LogP contribution is -2.47. The Morgan fingerprint density at radius 1 is 1.11 bits per heavy atom. The third-order valence-electron chi connectivity index (χ3n) is 4.90. The van der Waals surface area contributed by atoms with E-state index >= 15 is 0 Å². The third kappa shape index (κ3) is 4.87. The number of hydrogen-bond acceptors (Lipinski definition) is 4. The van der Waals surface area contributed by atoms with Crippen LogP contribution < -0.4 is 15.6 Å². The second-order valence-corrected chi connectivity index (χ2v) is 7.18. The van der Waals surface area contributed by atoms with Gasteiger partial charge in [0.25, 0.3) is 0 Å². The number of benzene rings is 2. The van der Waals surface area contributed by atoms with Crippen molar-refractivity contribution in [3.63, 3.8) is 0 Å². The van der Waals surface area contributed by atoms with Crippen molar-refractivity contribution < 1.29 is 9.53 Å². The molecule has 0 saturated carbocycles. The minimum atomic E-state index is -0.229. The molecule has 27 heavy (non-hydrogen) atoms. The van der Waals surface area contributed by atoms with E-state index in [4.69, 9.17) is 4.74 Å². The molecule has 2 aromatic carbocycles. The molecule has 0 aliphatic carbocycles. The summed E-state index contributed by atoms with van der Waals surface area (Å²) in [6.45, 7) is 7.39. The number of nitrogens with zero attached hydrogens (tertiary/aromatic N) is 1. The Bertz CT molecular complexity index is 731. The fraction of sp³-hybridized carbons (Fsp3) is 0.409. The molecule has 2 atom stereocenters.